The molecule has 0 aliphatic heterocycles. The first-order valence-corrected chi connectivity index (χ1v) is 6.19. The van der Waals surface area contributed by atoms with Crippen LogP contribution in [0.4, 0.5) is 0 Å². The van der Waals surface area contributed by atoms with Crippen molar-refractivity contribution >= 4 is 12.0 Å². The number of nitrogens with zero attached hydrogens (tertiary/aromatic N) is 1. The standard InChI is InChI=1S/C16H16N2O/c1-13(15-5-3-2-4-6-15)18-16(19)8-7-14-9-11-17-12-10-14/h2-13H,1H3,(H,18,19)/b8-7+. The number of rotatable bonds is 4. The number of carbonyl (C=O) groups is 1. The molecule has 1 aromatic carbocycles. The van der Waals surface area contributed by atoms with Gasteiger partial charge < -0.3 is 5.32 Å². The van der Waals surface area contributed by atoms with Crippen molar-refractivity contribution in [3.05, 3.63) is 72.1 Å². The summed E-state index contributed by atoms with van der Waals surface area (Å²) in [6.07, 6.45) is 6.71. The van der Waals surface area contributed by atoms with Gasteiger partial charge in [0.15, 0.2) is 0 Å². The van der Waals surface area contributed by atoms with E-state index in [0.29, 0.717) is 0 Å². The van der Waals surface area contributed by atoms with Gasteiger partial charge in [0.05, 0.1) is 6.04 Å². The van der Waals surface area contributed by atoms with Crippen LogP contribution in [0, 0.1) is 0 Å². The summed E-state index contributed by atoms with van der Waals surface area (Å²) in [6.45, 7) is 1.97. The molecule has 1 heterocycles. The minimum absolute atomic E-state index is 0.00390. The Morgan fingerprint density at radius 2 is 1.84 bits per heavy atom. The van der Waals surface area contributed by atoms with Crippen LogP contribution in [-0.4, -0.2) is 10.9 Å². The fourth-order valence-corrected chi connectivity index (χ4v) is 1.73. The summed E-state index contributed by atoms with van der Waals surface area (Å²) < 4.78 is 0. The van der Waals surface area contributed by atoms with Gasteiger partial charge in [-0.2, -0.15) is 0 Å². The average molecular weight is 252 g/mol. The van der Waals surface area contributed by atoms with Crippen LogP contribution in [0.2, 0.25) is 0 Å². The zero-order chi connectivity index (χ0) is 13.5. The lowest BCUT2D eigenvalue weighted by Crippen LogP contribution is -2.24. The van der Waals surface area contributed by atoms with Gasteiger partial charge in [-0.3, -0.25) is 9.78 Å². The summed E-state index contributed by atoms with van der Waals surface area (Å²) in [7, 11) is 0. The second kappa shape index (κ2) is 6.50. The quantitative estimate of drug-likeness (QED) is 0.850. The highest BCUT2D eigenvalue weighted by molar-refractivity contribution is 5.91. The Morgan fingerprint density at radius 3 is 2.53 bits per heavy atom. The van der Waals surface area contributed by atoms with Crippen LogP contribution in [0.1, 0.15) is 24.1 Å². The van der Waals surface area contributed by atoms with Crippen molar-refractivity contribution in [3.63, 3.8) is 0 Å². The monoisotopic (exact) mass is 252 g/mol. The number of carbonyl (C=O) groups excluding carboxylic acids is 1. The van der Waals surface area contributed by atoms with Gasteiger partial charge in [-0.15, -0.1) is 0 Å². The van der Waals surface area contributed by atoms with E-state index in [-0.39, 0.29) is 11.9 Å². The molecular weight excluding hydrogens is 236 g/mol. The molecule has 19 heavy (non-hydrogen) atoms. The van der Waals surface area contributed by atoms with Crippen LogP contribution in [0.25, 0.3) is 6.08 Å². The molecule has 3 nitrogen and oxygen atoms in total. The lowest BCUT2D eigenvalue weighted by molar-refractivity contribution is -0.117. The van der Waals surface area contributed by atoms with Crippen molar-refractivity contribution in [2.75, 3.05) is 0 Å². The van der Waals surface area contributed by atoms with Crippen molar-refractivity contribution in [1.29, 1.82) is 0 Å². The Labute approximate surface area is 113 Å². The molecule has 1 N–H and O–H groups in total. The Balaban J connectivity index is 1.93. The second-order valence-corrected chi connectivity index (χ2v) is 4.25. The molecule has 1 aromatic heterocycles. The van der Waals surface area contributed by atoms with E-state index in [4.69, 9.17) is 0 Å². The van der Waals surface area contributed by atoms with Crippen LogP contribution in [0.15, 0.2) is 60.9 Å². The molecule has 0 aliphatic rings. The predicted molar refractivity (Wildman–Crippen MR) is 76.3 cm³/mol. The van der Waals surface area contributed by atoms with Crippen LogP contribution in [-0.2, 0) is 4.79 Å². The van der Waals surface area contributed by atoms with E-state index in [0.717, 1.165) is 11.1 Å². The molecule has 0 spiro atoms. The Kier molecular flexibility index (Phi) is 4.45. The zero-order valence-electron chi connectivity index (χ0n) is 10.8. The fourth-order valence-electron chi connectivity index (χ4n) is 1.73. The molecule has 2 aromatic rings. The number of nitrogens with one attached hydrogen (secondary N) is 1. The molecule has 0 saturated carbocycles. The van der Waals surface area contributed by atoms with Crippen molar-refractivity contribution < 1.29 is 4.79 Å². The molecule has 1 amide bonds. The summed E-state index contributed by atoms with van der Waals surface area (Å²) in [5, 5.41) is 2.93. The van der Waals surface area contributed by atoms with Gasteiger partial charge in [-0.05, 0) is 36.3 Å². The van der Waals surface area contributed by atoms with E-state index in [1.807, 2.05) is 49.4 Å². The minimum Gasteiger partial charge on any atom is -0.346 e. The molecule has 0 bridgehead atoms. The molecule has 1 atom stereocenters. The molecule has 96 valence electrons. The van der Waals surface area contributed by atoms with Crippen LogP contribution >= 0.6 is 0 Å². The van der Waals surface area contributed by atoms with Gasteiger partial charge in [-0.25, -0.2) is 0 Å². The molecule has 0 saturated heterocycles. The maximum atomic E-state index is 11.8. The number of hydrogen-bond acceptors (Lipinski definition) is 2. The number of benzene rings is 1. The maximum absolute atomic E-state index is 11.8. The van der Waals surface area contributed by atoms with Gasteiger partial charge in [0.25, 0.3) is 0 Å². The topological polar surface area (TPSA) is 42.0 Å². The molecule has 1 unspecified atom stereocenters. The number of hydrogen-bond donors (Lipinski definition) is 1. The van der Waals surface area contributed by atoms with E-state index in [2.05, 4.69) is 10.3 Å². The van der Waals surface area contributed by atoms with Crippen molar-refractivity contribution in [2.45, 2.75) is 13.0 Å². The minimum atomic E-state index is -0.104. The molecule has 2 rings (SSSR count). The number of aromatic nitrogens is 1. The third-order valence-electron chi connectivity index (χ3n) is 2.79. The first kappa shape index (κ1) is 13.0. The van der Waals surface area contributed by atoms with Gasteiger partial charge >= 0.3 is 0 Å². The smallest absolute Gasteiger partial charge is 0.244 e. The third kappa shape index (κ3) is 4.07. The van der Waals surface area contributed by atoms with E-state index < -0.39 is 0 Å². The van der Waals surface area contributed by atoms with Gasteiger partial charge in [0, 0.05) is 18.5 Å². The lowest BCUT2D eigenvalue weighted by atomic mass is 10.1. The summed E-state index contributed by atoms with van der Waals surface area (Å²) in [5.41, 5.74) is 2.05. The van der Waals surface area contributed by atoms with Gasteiger partial charge in [-0.1, -0.05) is 30.3 Å². The summed E-state index contributed by atoms with van der Waals surface area (Å²) in [5.74, 6) is -0.104. The zero-order valence-corrected chi connectivity index (χ0v) is 10.8. The SMILES string of the molecule is CC(NC(=O)/C=C/c1ccncc1)c1ccccc1. The van der Waals surface area contributed by atoms with Gasteiger partial charge in [0.2, 0.25) is 5.91 Å². The summed E-state index contributed by atoms with van der Waals surface area (Å²) in [6, 6.07) is 13.6. The van der Waals surface area contributed by atoms with Gasteiger partial charge in [0.1, 0.15) is 0 Å². The largest absolute Gasteiger partial charge is 0.346 e. The average Bonchev–Trinajstić information content (AvgIpc) is 2.47. The highest BCUT2D eigenvalue weighted by atomic mass is 16.1. The molecule has 3 heteroatoms. The molecule has 0 aliphatic carbocycles. The van der Waals surface area contributed by atoms with E-state index in [1.165, 1.54) is 6.08 Å². The summed E-state index contributed by atoms with van der Waals surface area (Å²) in [4.78, 5) is 15.7. The van der Waals surface area contributed by atoms with Crippen LogP contribution in [0.3, 0.4) is 0 Å². The van der Waals surface area contributed by atoms with E-state index in [9.17, 15) is 4.79 Å². The highest BCUT2D eigenvalue weighted by Gasteiger charge is 2.06. The fraction of sp³-hybridized carbons (Fsp3) is 0.125. The van der Waals surface area contributed by atoms with Crippen LogP contribution in [0.5, 0.6) is 0 Å². The number of amides is 1. The van der Waals surface area contributed by atoms with Crippen molar-refractivity contribution in [1.82, 2.24) is 10.3 Å². The number of pyridine rings is 1. The van der Waals surface area contributed by atoms with Crippen molar-refractivity contribution in [3.8, 4) is 0 Å². The Bertz CT molecular complexity index is 549. The lowest BCUT2D eigenvalue weighted by Gasteiger charge is -2.12. The first-order chi connectivity index (χ1) is 9.25. The Morgan fingerprint density at radius 1 is 1.16 bits per heavy atom. The normalized spacial score (nSPS) is 12.3. The van der Waals surface area contributed by atoms with Crippen LogP contribution < -0.4 is 5.32 Å². The van der Waals surface area contributed by atoms with E-state index in [1.54, 1.807) is 18.5 Å². The first-order valence-electron chi connectivity index (χ1n) is 6.19. The molecule has 0 radical (unpaired) electrons. The van der Waals surface area contributed by atoms with Crippen molar-refractivity contribution in [2.24, 2.45) is 0 Å². The highest BCUT2D eigenvalue weighted by Crippen LogP contribution is 2.10. The Hall–Kier alpha value is -2.42. The third-order valence-corrected chi connectivity index (χ3v) is 2.79. The van der Waals surface area contributed by atoms with E-state index >= 15 is 0 Å². The maximum Gasteiger partial charge on any atom is 0.244 e. The molecular formula is C16H16N2O. The predicted octanol–water partition coefficient (Wildman–Crippen LogP) is 2.97. The summed E-state index contributed by atoms with van der Waals surface area (Å²) >= 11 is 0. The molecule has 0 fully saturated rings. The second-order valence-electron chi connectivity index (χ2n) is 4.25.